The Kier molecular flexibility index (Phi) is 4.31. The van der Waals surface area contributed by atoms with Gasteiger partial charge in [-0.25, -0.2) is 0 Å². The first-order valence-corrected chi connectivity index (χ1v) is 10.9. The highest BCUT2D eigenvalue weighted by atomic mass is 79.9. The second-order valence-corrected chi connectivity index (χ2v) is 9.94. The number of Topliss-reactive ketones (excluding diaryl/α,β-unsaturated/α-hetero) is 2. The predicted molar refractivity (Wildman–Crippen MR) is 100 cm³/mol. The molecule has 0 bridgehead atoms. The van der Waals surface area contributed by atoms with Crippen molar-refractivity contribution in [2.24, 2.45) is 34.5 Å². The average molecular weight is 409 g/mol. The summed E-state index contributed by atoms with van der Waals surface area (Å²) in [5, 5.41) is 10.4. The Hall–Kier alpha value is -0.480. The first-order chi connectivity index (χ1) is 11.8. The number of alkyl halides is 1. The van der Waals surface area contributed by atoms with Gasteiger partial charge in [-0.3, -0.25) is 9.59 Å². The molecular weight excluding hydrogens is 380 g/mol. The van der Waals surface area contributed by atoms with Crippen LogP contribution in [0.15, 0.2) is 11.6 Å². The number of aliphatic hydroxyl groups excluding tert-OH is 1. The molecule has 0 amide bonds. The van der Waals surface area contributed by atoms with Gasteiger partial charge in [-0.1, -0.05) is 41.4 Å². The minimum Gasteiger partial charge on any atom is -0.389 e. The summed E-state index contributed by atoms with van der Waals surface area (Å²) in [4.78, 5) is 25.8. The Morgan fingerprint density at radius 1 is 1.28 bits per heavy atom. The zero-order chi connectivity index (χ0) is 18.0. The van der Waals surface area contributed by atoms with E-state index >= 15 is 0 Å². The van der Waals surface area contributed by atoms with Gasteiger partial charge < -0.3 is 5.11 Å². The fraction of sp³-hybridized carbons (Fsp3) is 0.810. The van der Waals surface area contributed by atoms with Crippen LogP contribution in [-0.2, 0) is 9.59 Å². The van der Waals surface area contributed by atoms with E-state index in [4.69, 9.17) is 0 Å². The normalized spacial score (nSPS) is 49.0. The number of allylic oxidation sites excluding steroid dienone is 1. The molecule has 138 valence electrons. The summed E-state index contributed by atoms with van der Waals surface area (Å²) in [7, 11) is 0. The first-order valence-electron chi connectivity index (χ1n) is 9.82. The van der Waals surface area contributed by atoms with Gasteiger partial charge >= 0.3 is 0 Å². The number of carbonyl (C=O) groups excluding carboxylic acids is 2. The Morgan fingerprint density at radius 3 is 2.76 bits per heavy atom. The van der Waals surface area contributed by atoms with Crippen molar-refractivity contribution in [3.8, 4) is 0 Å². The molecule has 3 nitrogen and oxygen atoms in total. The molecule has 0 aromatic carbocycles. The van der Waals surface area contributed by atoms with Gasteiger partial charge in [0.2, 0.25) is 0 Å². The van der Waals surface area contributed by atoms with E-state index in [-0.39, 0.29) is 34.6 Å². The van der Waals surface area contributed by atoms with Crippen LogP contribution < -0.4 is 0 Å². The van der Waals surface area contributed by atoms with E-state index in [1.54, 1.807) is 0 Å². The molecule has 4 rings (SSSR count). The van der Waals surface area contributed by atoms with Gasteiger partial charge in [0.15, 0.2) is 0 Å². The van der Waals surface area contributed by atoms with Crippen LogP contribution in [0.3, 0.4) is 0 Å². The van der Waals surface area contributed by atoms with Gasteiger partial charge in [0, 0.05) is 18.3 Å². The maximum atomic E-state index is 13.4. The van der Waals surface area contributed by atoms with Crippen LogP contribution in [0.2, 0.25) is 0 Å². The summed E-state index contributed by atoms with van der Waals surface area (Å²) in [6.45, 7) is 4.47. The van der Waals surface area contributed by atoms with Crippen LogP contribution in [0, 0.1) is 34.5 Å². The van der Waals surface area contributed by atoms with E-state index in [9.17, 15) is 14.7 Å². The summed E-state index contributed by atoms with van der Waals surface area (Å²) in [5.41, 5.74) is 1.10. The van der Waals surface area contributed by atoms with Crippen molar-refractivity contribution in [2.45, 2.75) is 64.9 Å². The molecule has 0 spiro atoms. The standard InChI is InChI=1S/C21H29BrO3/c1-20-8-7-13(23)9-12(20)3-4-14-15-5-6-16(18(25)11-22)21(15,2)10-17(24)19(14)20/h9,13-16,19,23H,3-8,10-11H2,1-2H3/t13-,14+,15+,16-,19-,20+,21+/m1/s1. The smallest absolute Gasteiger partial charge is 0.147 e. The van der Waals surface area contributed by atoms with Crippen molar-refractivity contribution in [2.75, 3.05) is 5.33 Å². The van der Waals surface area contributed by atoms with Crippen molar-refractivity contribution >= 4 is 27.5 Å². The molecule has 4 heteroatoms. The van der Waals surface area contributed by atoms with E-state index in [1.807, 2.05) is 6.08 Å². The number of hydrogen-bond acceptors (Lipinski definition) is 3. The second-order valence-electron chi connectivity index (χ2n) is 9.38. The highest BCUT2D eigenvalue weighted by Gasteiger charge is 2.62. The van der Waals surface area contributed by atoms with Crippen LogP contribution >= 0.6 is 15.9 Å². The summed E-state index contributed by atoms with van der Waals surface area (Å²) < 4.78 is 0. The van der Waals surface area contributed by atoms with Crippen molar-refractivity contribution in [3.05, 3.63) is 11.6 Å². The SMILES string of the molecule is C[C@]12CC(=O)[C@H]3[C@@H](CCC4=C[C@H](O)CC[C@@]43C)[C@@H]1CC[C@@H]2C(=O)CBr. The Bertz CT molecular complexity index is 641. The summed E-state index contributed by atoms with van der Waals surface area (Å²) in [6.07, 6.45) is 8.03. The molecule has 0 aliphatic heterocycles. The lowest BCUT2D eigenvalue weighted by Crippen LogP contribution is -2.55. The van der Waals surface area contributed by atoms with Crippen LogP contribution in [0.25, 0.3) is 0 Å². The van der Waals surface area contributed by atoms with Crippen molar-refractivity contribution in [1.29, 1.82) is 0 Å². The summed E-state index contributed by atoms with van der Waals surface area (Å²) in [5.74, 6) is 1.70. The van der Waals surface area contributed by atoms with Gasteiger partial charge in [-0.05, 0) is 61.2 Å². The minimum atomic E-state index is -0.337. The summed E-state index contributed by atoms with van der Waals surface area (Å²) >= 11 is 3.34. The first kappa shape index (κ1) is 17.9. The van der Waals surface area contributed by atoms with Crippen LogP contribution in [0.5, 0.6) is 0 Å². The number of ketones is 2. The maximum Gasteiger partial charge on any atom is 0.147 e. The second kappa shape index (κ2) is 6.02. The molecule has 0 unspecified atom stereocenters. The predicted octanol–water partition coefficient (Wildman–Crippen LogP) is 4.07. The van der Waals surface area contributed by atoms with E-state index in [1.165, 1.54) is 5.57 Å². The molecule has 3 fully saturated rings. The monoisotopic (exact) mass is 408 g/mol. The number of carbonyl (C=O) groups is 2. The zero-order valence-electron chi connectivity index (χ0n) is 15.3. The molecule has 3 saturated carbocycles. The molecule has 0 aromatic rings. The third-order valence-corrected chi connectivity index (χ3v) is 8.85. The fourth-order valence-corrected chi connectivity index (χ4v) is 7.55. The zero-order valence-corrected chi connectivity index (χ0v) is 16.8. The Labute approximate surface area is 158 Å². The van der Waals surface area contributed by atoms with Gasteiger partial charge in [0.1, 0.15) is 11.6 Å². The number of fused-ring (bicyclic) bond motifs is 5. The highest BCUT2D eigenvalue weighted by Crippen LogP contribution is 2.65. The third-order valence-electron chi connectivity index (χ3n) is 8.30. The maximum absolute atomic E-state index is 13.4. The number of hydrogen-bond donors (Lipinski definition) is 1. The van der Waals surface area contributed by atoms with Crippen molar-refractivity contribution in [1.82, 2.24) is 0 Å². The van der Waals surface area contributed by atoms with E-state index < -0.39 is 0 Å². The Morgan fingerprint density at radius 2 is 2.04 bits per heavy atom. The topological polar surface area (TPSA) is 54.4 Å². The quantitative estimate of drug-likeness (QED) is 0.553. The van der Waals surface area contributed by atoms with Crippen molar-refractivity contribution in [3.63, 3.8) is 0 Å². The molecule has 0 saturated heterocycles. The van der Waals surface area contributed by atoms with Crippen LogP contribution in [0.1, 0.15) is 58.8 Å². The average Bonchev–Trinajstić information content (AvgIpc) is 2.91. The molecule has 4 aliphatic carbocycles. The van der Waals surface area contributed by atoms with Gasteiger partial charge in [0.25, 0.3) is 0 Å². The molecule has 0 aromatic heterocycles. The third kappa shape index (κ3) is 2.46. The fourth-order valence-electron chi connectivity index (χ4n) is 7.16. The lowest BCUT2D eigenvalue weighted by molar-refractivity contribution is -0.147. The minimum absolute atomic E-state index is 0.0414. The molecule has 4 aliphatic rings. The molecule has 25 heavy (non-hydrogen) atoms. The van der Waals surface area contributed by atoms with E-state index in [0.29, 0.717) is 29.4 Å². The lowest BCUT2D eigenvalue weighted by Gasteiger charge is -2.57. The van der Waals surface area contributed by atoms with Crippen molar-refractivity contribution < 1.29 is 14.7 Å². The summed E-state index contributed by atoms with van der Waals surface area (Å²) in [6, 6.07) is 0. The lowest BCUT2D eigenvalue weighted by atomic mass is 9.46. The van der Waals surface area contributed by atoms with Crippen LogP contribution in [-0.4, -0.2) is 28.1 Å². The molecule has 7 atom stereocenters. The van der Waals surface area contributed by atoms with E-state index in [2.05, 4.69) is 29.8 Å². The molecule has 0 radical (unpaired) electrons. The number of aliphatic hydroxyl groups is 1. The Balaban J connectivity index is 1.70. The number of halogens is 1. The van der Waals surface area contributed by atoms with Gasteiger partial charge in [-0.15, -0.1) is 0 Å². The van der Waals surface area contributed by atoms with Crippen LogP contribution in [0.4, 0.5) is 0 Å². The molecule has 1 N–H and O–H groups in total. The number of rotatable bonds is 2. The van der Waals surface area contributed by atoms with E-state index in [0.717, 1.165) is 38.5 Å². The highest BCUT2D eigenvalue weighted by molar-refractivity contribution is 9.09. The molecule has 0 heterocycles. The van der Waals surface area contributed by atoms with Gasteiger partial charge in [-0.2, -0.15) is 0 Å². The molecular formula is C21H29BrO3. The van der Waals surface area contributed by atoms with Gasteiger partial charge in [0.05, 0.1) is 11.4 Å². The largest absolute Gasteiger partial charge is 0.389 e.